The maximum absolute atomic E-state index is 10.7. The van der Waals surface area contributed by atoms with Gasteiger partial charge in [0.25, 0.3) is 0 Å². The molecule has 0 spiro atoms. The van der Waals surface area contributed by atoms with E-state index in [1.807, 2.05) is 0 Å². The molecule has 0 aliphatic rings. The third-order valence-electron chi connectivity index (χ3n) is 0.946. The van der Waals surface area contributed by atoms with E-state index in [4.69, 9.17) is 10.8 Å². The Morgan fingerprint density at radius 2 is 2.08 bits per heavy atom. The van der Waals surface area contributed by atoms with Gasteiger partial charge in [0, 0.05) is 0 Å². The Labute approximate surface area is 81.4 Å². The molecular formula is C6H12ClNO5. The van der Waals surface area contributed by atoms with Crippen molar-refractivity contribution < 1.29 is 24.2 Å². The number of esters is 1. The van der Waals surface area contributed by atoms with E-state index in [-0.39, 0.29) is 19.0 Å². The van der Waals surface area contributed by atoms with Gasteiger partial charge in [-0.1, -0.05) is 0 Å². The fourth-order valence-electron chi connectivity index (χ4n) is 0.380. The van der Waals surface area contributed by atoms with Gasteiger partial charge in [-0.05, 0) is 6.92 Å². The maximum atomic E-state index is 10.7. The zero-order valence-electron chi connectivity index (χ0n) is 7.06. The van der Waals surface area contributed by atoms with Crippen molar-refractivity contribution in [3.8, 4) is 0 Å². The van der Waals surface area contributed by atoms with Crippen LogP contribution in [-0.4, -0.2) is 36.5 Å². The Balaban J connectivity index is 0. The normalized spacial score (nSPS) is 11.0. The molecule has 0 bridgehead atoms. The summed E-state index contributed by atoms with van der Waals surface area (Å²) in [4.78, 5) is 21.1. The molecule has 0 radical (unpaired) electrons. The summed E-state index contributed by atoms with van der Waals surface area (Å²) >= 11 is 0. The molecule has 0 heterocycles. The summed E-state index contributed by atoms with van der Waals surface area (Å²) in [6.45, 7) is 1.11. The number of halogens is 1. The third-order valence-corrected chi connectivity index (χ3v) is 0.946. The van der Waals surface area contributed by atoms with Crippen molar-refractivity contribution in [2.75, 3.05) is 13.2 Å². The quantitative estimate of drug-likeness (QED) is 0.481. The van der Waals surface area contributed by atoms with E-state index in [0.29, 0.717) is 0 Å². The minimum Gasteiger partial charge on any atom is -0.434 e. The summed E-state index contributed by atoms with van der Waals surface area (Å²) in [6, 6.07) is -1.20. The molecule has 0 amide bonds. The maximum Gasteiger partial charge on any atom is 0.516 e. The fraction of sp³-hybridized carbons (Fsp3) is 0.667. The second-order valence-corrected chi connectivity index (χ2v) is 1.89. The molecule has 0 saturated heterocycles. The van der Waals surface area contributed by atoms with Gasteiger partial charge >= 0.3 is 12.1 Å². The third kappa shape index (κ3) is 6.32. The van der Waals surface area contributed by atoms with Crippen LogP contribution < -0.4 is 5.73 Å². The average molecular weight is 214 g/mol. The number of hydrogen-bond acceptors (Lipinski definition) is 6. The van der Waals surface area contributed by atoms with Gasteiger partial charge in [-0.2, -0.15) is 0 Å². The van der Waals surface area contributed by atoms with E-state index in [9.17, 15) is 9.59 Å². The second kappa shape index (κ2) is 7.78. The lowest BCUT2D eigenvalue weighted by Gasteiger charge is -2.06. The number of carbonyl (C=O) groups is 2. The lowest BCUT2D eigenvalue weighted by atomic mass is 10.3. The summed E-state index contributed by atoms with van der Waals surface area (Å²) in [5.41, 5.74) is 5.03. The Morgan fingerprint density at radius 1 is 1.54 bits per heavy atom. The van der Waals surface area contributed by atoms with Gasteiger partial charge < -0.3 is 20.3 Å². The number of aliphatic hydroxyl groups excluding tert-OH is 1. The first-order valence-electron chi connectivity index (χ1n) is 3.36. The molecule has 0 aromatic rings. The van der Waals surface area contributed by atoms with Crippen molar-refractivity contribution in [3.63, 3.8) is 0 Å². The lowest BCUT2D eigenvalue weighted by molar-refractivity contribution is -0.142. The molecular weight excluding hydrogens is 202 g/mol. The van der Waals surface area contributed by atoms with Gasteiger partial charge in [0.2, 0.25) is 0 Å². The Morgan fingerprint density at radius 3 is 2.46 bits per heavy atom. The zero-order valence-corrected chi connectivity index (χ0v) is 7.87. The molecule has 0 aliphatic heterocycles. The highest BCUT2D eigenvalue weighted by Crippen LogP contribution is 1.89. The largest absolute Gasteiger partial charge is 0.516 e. The predicted octanol–water partition coefficient (Wildman–Crippen LogP) is -0.572. The highest BCUT2D eigenvalue weighted by molar-refractivity contribution is 5.85. The van der Waals surface area contributed by atoms with Crippen LogP contribution in [0.4, 0.5) is 4.79 Å². The topological polar surface area (TPSA) is 98.9 Å². The Bertz CT molecular complexity index is 174. The van der Waals surface area contributed by atoms with Crippen molar-refractivity contribution in [3.05, 3.63) is 0 Å². The summed E-state index contributed by atoms with van der Waals surface area (Å²) < 4.78 is 8.35. The molecule has 0 aromatic carbocycles. The summed E-state index contributed by atoms with van der Waals surface area (Å²) in [5.74, 6) is -1.00. The van der Waals surface area contributed by atoms with Gasteiger partial charge in [0.15, 0.2) is 0 Å². The van der Waals surface area contributed by atoms with Crippen LogP contribution in [0.25, 0.3) is 0 Å². The second-order valence-electron chi connectivity index (χ2n) is 1.89. The van der Waals surface area contributed by atoms with E-state index < -0.39 is 24.8 Å². The highest BCUT2D eigenvalue weighted by Gasteiger charge is 2.18. The Hall–Kier alpha value is -0.850. The molecule has 0 saturated carbocycles. The SMILES string of the molecule is CCOC(=O)OC(=O)C(N)CO.Cl. The van der Waals surface area contributed by atoms with Crippen LogP contribution in [0.15, 0.2) is 0 Å². The number of carbonyl (C=O) groups excluding carboxylic acids is 2. The molecule has 6 nitrogen and oxygen atoms in total. The summed E-state index contributed by atoms with van der Waals surface area (Å²) in [7, 11) is 0. The molecule has 3 N–H and O–H groups in total. The van der Waals surface area contributed by atoms with Crippen molar-refractivity contribution in [2.45, 2.75) is 13.0 Å². The van der Waals surface area contributed by atoms with E-state index in [0.717, 1.165) is 0 Å². The number of aliphatic hydroxyl groups is 1. The van der Waals surface area contributed by atoms with E-state index in [2.05, 4.69) is 9.47 Å². The van der Waals surface area contributed by atoms with Crippen LogP contribution >= 0.6 is 12.4 Å². The number of ether oxygens (including phenoxy) is 2. The molecule has 0 aliphatic carbocycles. The molecule has 1 atom stereocenters. The van der Waals surface area contributed by atoms with Crippen LogP contribution in [0.2, 0.25) is 0 Å². The lowest BCUT2D eigenvalue weighted by Crippen LogP contribution is -2.36. The predicted molar refractivity (Wildman–Crippen MR) is 45.4 cm³/mol. The van der Waals surface area contributed by atoms with Gasteiger partial charge in [-0.3, -0.25) is 0 Å². The molecule has 0 fully saturated rings. The summed E-state index contributed by atoms with van der Waals surface area (Å²) in [5, 5.41) is 8.37. The van der Waals surface area contributed by atoms with Crippen LogP contribution in [0.3, 0.4) is 0 Å². The van der Waals surface area contributed by atoms with Crippen molar-refractivity contribution in [1.29, 1.82) is 0 Å². The van der Waals surface area contributed by atoms with Gasteiger partial charge in [-0.25, -0.2) is 9.59 Å². The number of rotatable bonds is 3. The Kier molecular flexibility index (Phi) is 8.78. The van der Waals surface area contributed by atoms with Crippen molar-refractivity contribution >= 4 is 24.5 Å². The zero-order chi connectivity index (χ0) is 9.56. The first-order chi connectivity index (χ1) is 5.61. The first kappa shape index (κ1) is 14.7. The van der Waals surface area contributed by atoms with E-state index in [1.165, 1.54) is 0 Å². The van der Waals surface area contributed by atoms with Crippen LogP contribution in [-0.2, 0) is 14.3 Å². The van der Waals surface area contributed by atoms with Gasteiger partial charge in [-0.15, -0.1) is 12.4 Å². The summed E-state index contributed by atoms with van der Waals surface area (Å²) in [6.07, 6.45) is -1.11. The molecule has 78 valence electrons. The molecule has 0 aromatic heterocycles. The average Bonchev–Trinajstić information content (AvgIpc) is 2.03. The molecule has 7 heteroatoms. The monoisotopic (exact) mass is 213 g/mol. The van der Waals surface area contributed by atoms with Crippen molar-refractivity contribution in [2.24, 2.45) is 5.73 Å². The minimum atomic E-state index is -1.20. The fourth-order valence-corrected chi connectivity index (χ4v) is 0.380. The molecule has 1 unspecified atom stereocenters. The minimum absolute atomic E-state index is 0. The van der Waals surface area contributed by atoms with Gasteiger partial charge in [0.1, 0.15) is 6.04 Å². The van der Waals surface area contributed by atoms with Crippen LogP contribution in [0.5, 0.6) is 0 Å². The number of nitrogens with two attached hydrogens (primary N) is 1. The first-order valence-corrected chi connectivity index (χ1v) is 3.36. The van der Waals surface area contributed by atoms with Crippen LogP contribution in [0, 0.1) is 0 Å². The molecule has 0 rings (SSSR count). The number of hydrogen-bond donors (Lipinski definition) is 2. The van der Waals surface area contributed by atoms with E-state index in [1.54, 1.807) is 6.92 Å². The smallest absolute Gasteiger partial charge is 0.434 e. The molecule has 13 heavy (non-hydrogen) atoms. The van der Waals surface area contributed by atoms with Gasteiger partial charge in [0.05, 0.1) is 13.2 Å². The highest BCUT2D eigenvalue weighted by atomic mass is 35.5. The standard InChI is InChI=1S/C6H11NO5.ClH/c1-2-11-6(10)12-5(9)4(7)3-8;/h4,8H,2-3,7H2,1H3;1H. The van der Waals surface area contributed by atoms with E-state index >= 15 is 0 Å². The van der Waals surface area contributed by atoms with Crippen molar-refractivity contribution in [1.82, 2.24) is 0 Å². The van der Waals surface area contributed by atoms with Crippen LogP contribution in [0.1, 0.15) is 6.92 Å².